The van der Waals surface area contributed by atoms with Crippen molar-refractivity contribution in [3.8, 4) is 5.75 Å². The molecule has 0 unspecified atom stereocenters. The number of benzene rings is 1. The number of hydrogen-bond donors (Lipinski definition) is 2. The fourth-order valence-electron chi connectivity index (χ4n) is 2.75. The molecule has 0 bridgehead atoms. The summed E-state index contributed by atoms with van der Waals surface area (Å²) in [5.41, 5.74) is 13.5. The molecular weight excluding hydrogens is 333 g/mol. The van der Waals surface area contributed by atoms with Crippen LogP contribution in [0.5, 0.6) is 5.75 Å². The number of hydrogen-bond acceptors (Lipinski definition) is 5. The van der Waals surface area contributed by atoms with Gasteiger partial charge in [-0.05, 0) is 37.5 Å². The number of rotatable bonds is 4. The molecule has 0 atom stereocenters. The zero-order valence-electron chi connectivity index (χ0n) is 13.5. The Labute approximate surface area is 142 Å². The molecule has 4 N–H and O–H groups in total. The summed E-state index contributed by atoms with van der Waals surface area (Å²) in [6.07, 6.45) is 0.945. The van der Waals surface area contributed by atoms with Gasteiger partial charge >= 0.3 is 6.36 Å². The van der Waals surface area contributed by atoms with Crippen LogP contribution in [-0.4, -0.2) is 16.3 Å². The van der Waals surface area contributed by atoms with Crippen molar-refractivity contribution in [1.29, 1.82) is 0 Å². The van der Waals surface area contributed by atoms with Crippen molar-refractivity contribution in [3.63, 3.8) is 0 Å². The van der Waals surface area contributed by atoms with Crippen LogP contribution in [0.25, 0.3) is 6.08 Å². The minimum atomic E-state index is -4.69. The standard InChI is InChI=1S/C17H17F3N4O/c1-10-13(14(21)24-15(22)23-10)6-7-16(8-9-16)11-2-4-12(5-3-11)25-17(18,19)20/h2-7H,8-9H2,1H3,(H4,21,22,23,24)/b7-6+. The number of aromatic nitrogens is 2. The Morgan fingerprint density at radius 3 is 2.28 bits per heavy atom. The van der Waals surface area contributed by atoms with Gasteiger partial charge in [0.25, 0.3) is 0 Å². The smallest absolute Gasteiger partial charge is 0.406 e. The van der Waals surface area contributed by atoms with Gasteiger partial charge in [0.05, 0.1) is 5.69 Å². The van der Waals surface area contributed by atoms with Crippen molar-refractivity contribution in [3.05, 3.63) is 47.2 Å². The molecule has 1 heterocycles. The molecule has 0 amide bonds. The molecule has 1 aromatic heterocycles. The van der Waals surface area contributed by atoms with Gasteiger partial charge in [-0.25, -0.2) is 4.98 Å². The van der Waals surface area contributed by atoms with Crippen LogP contribution < -0.4 is 16.2 Å². The van der Waals surface area contributed by atoms with Gasteiger partial charge in [0, 0.05) is 11.0 Å². The van der Waals surface area contributed by atoms with E-state index in [0.29, 0.717) is 17.1 Å². The van der Waals surface area contributed by atoms with Crippen LogP contribution in [0.2, 0.25) is 0 Å². The summed E-state index contributed by atoms with van der Waals surface area (Å²) >= 11 is 0. The lowest BCUT2D eigenvalue weighted by molar-refractivity contribution is -0.274. The van der Waals surface area contributed by atoms with E-state index in [1.54, 1.807) is 19.1 Å². The van der Waals surface area contributed by atoms with E-state index >= 15 is 0 Å². The Balaban J connectivity index is 1.81. The van der Waals surface area contributed by atoms with Gasteiger partial charge in [-0.3, -0.25) is 0 Å². The molecular formula is C17H17F3N4O. The highest BCUT2D eigenvalue weighted by molar-refractivity contribution is 5.66. The highest BCUT2D eigenvalue weighted by atomic mass is 19.4. The SMILES string of the molecule is Cc1nc(N)nc(N)c1/C=C/C1(c2ccc(OC(F)(F)F)cc2)CC1. The minimum Gasteiger partial charge on any atom is -0.406 e. The minimum absolute atomic E-state index is 0.119. The quantitative estimate of drug-likeness (QED) is 0.880. The lowest BCUT2D eigenvalue weighted by Gasteiger charge is -2.13. The summed E-state index contributed by atoms with van der Waals surface area (Å²) in [5, 5.41) is 0. The van der Waals surface area contributed by atoms with Crippen LogP contribution >= 0.6 is 0 Å². The molecule has 0 spiro atoms. The number of anilines is 2. The highest BCUT2D eigenvalue weighted by Gasteiger charge is 2.42. The Bertz CT molecular complexity index is 789. The first kappa shape index (κ1) is 17.1. The van der Waals surface area contributed by atoms with Crippen molar-refractivity contribution < 1.29 is 17.9 Å². The first-order valence-corrected chi connectivity index (χ1v) is 7.64. The summed E-state index contributed by atoms with van der Waals surface area (Å²) in [6, 6.07) is 5.94. The summed E-state index contributed by atoms with van der Waals surface area (Å²) < 4.78 is 40.6. The molecule has 1 aliphatic carbocycles. The average molecular weight is 350 g/mol. The predicted molar refractivity (Wildman–Crippen MR) is 88.7 cm³/mol. The number of aryl methyl sites for hydroxylation is 1. The van der Waals surface area contributed by atoms with Gasteiger partial charge in [-0.15, -0.1) is 13.2 Å². The van der Waals surface area contributed by atoms with Crippen LogP contribution in [0.15, 0.2) is 30.3 Å². The third-order valence-electron chi connectivity index (χ3n) is 4.20. The second kappa shape index (κ2) is 5.94. The van der Waals surface area contributed by atoms with Crippen LogP contribution in [0, 0.1) is 6.92 Å². The van der Waals surface area contributed by atoms with Crippen molar-refractivity contribution in [2.45, 2.75) is 31.5 Å². The summed E-state index contributed by atoms with van der Waals surface area (Å²) in [4.78, 5) is 8.03. The fraction of sp³-hybridized carbons (Fsp3) is 0.294. The van der Waals surface area contributed by atoms with E-state index in [1.807, 2.05) is 12.2 Å². The number of halogens is 3. The molecule has 1 aliphatic rings. The van der Waals surface area contributed by atoms with Crippen molar-refractivity contribution >= 4 is 17.8 Å². The molecule has 25 heavy (non-hydrogen) atoms. The molecule has 1 aromatic carbocycles. The van der Waals surface area contributed by atoms with Gasteiger partial charge in [0.2, 0.25) is 5.95 Å². The second-order valence-electron chi connectivity index (χ2n) is 6.03. The Morgan fingerprint density at radius 2 is 1.76 bits per heavy atom. The van der Waals surface area contributed by atoms with Gasteiger partial charge < -0.3 is 16.2 Å². The van der Waals surface area contributed by atoms with Crippen molar-refractivity contribution in [2.75, 3.05) is 11.5 Å². The molecule has 3 rings (SSSR count). The summed E-state index contributed by atoms with van der Waals surface area (Å²) in [7, 11) is 0. The van der Waals surface area contributed by atoms with E-state index in [2.05, 4.69) is 14.7 Å². The fourth-order valence-corrected chi connectivity index (χ4v) is 2.75. The number of nitrogens with two attached hydrogens (primary N) is 2. The van der Waals surface area contributed by atoms with Crippen LogP contribution in [-0.2, 0) is 5.41 Å². The molecule has 132 valence electrons. The Kier molecular flexibility index (Phi) is 4.06. The Morgan fingerprint density at radius 1 is 1.12 bits per heavy atom. The molecule has 0 radical (unpaired) electrons. The predicted octanol–water partition coefficient (Wildman–Crippen LogP) is 3.59. The number of ether oxygens (including phenoxy) is 1. The molecule has 0 saturated heterocycles. The molecule has 0 aliphatic heterocycles. The number of alkyl halides is 3. The van der Waals surface area contributed by atoms with Crippen LogP contribution in [0.1, 0.15) is 29.7 Å². The van der Waals surface area contributed by atoms with Crippen LogP contribution in [0.4, 0.5) is 24.9 Å². The zero-order valence-corrected chi connectivity index (χ0v) is 13.5. The largest absolute Gasteiger partial charge is 0.573 e. The van der Waals surface area contributed by atoms with Gasteiger partial charge in [-0.2, -0.15) is 4.98 Å². The van der Waals surface area contributed by atoms with Gasteiger partial charge in [0.15, 0.2) is 0 Å². The molecule has 2 aromatic rings. The highest BCUT2D eigenvalue weighted by Crippen LogP contribution is 2.50. The van der Waals surface area contributed by atoms with E-state index in [1.165, 1.54) is 12.1 Å². The van der Waals surface area contributed by atoms with Gasteiger partial charge in [-0.1, -0.05) is 24.3 Å². The monoisotopic (exact) mass is 350 g/mol. The summed E-state index contributed by atoms with van der Waals surface area (Å²) in [5.74, 6) is 0.183. The first-order valence-electron chi connectivity index (χ1n) is 7.64. The third-order valence-corrected chi connectivity index (χ3v) is 4.20. The van der Waals surface area contributed by atoms with E-state index in [-0.39, 0.29) is 17.1 Å². The van der Waals surface area contributed by atoms with E-state index in [4.69, 9.17) is 11.5 Å². The molecule has 8 heteroatoms. The Hall–Kier alpha value is -2.77. The zero-order chi connectivity index (χ0) is 18.2. The topological polar surface area (TPSA) is 87.0 Å². The van der Waals surface area contributed by atoms with Crippen molar-refractivity contribution in [2.24, 2.45) is 0 Å². The number of nitrogen functional groups attached to an aromatic ring is 2. The normalized spacial score (nSPS) is 16.2. The lowest BCUT2D eigenvalue weighted by atomic mass is 9.94. The molecule has 5 nitrogen and oxygen atoms in total. The van der Waals surface area contributed by atoms with E-state index in [9.17, 15) is 13.2 Å². The third kappa shape index (κ3) is 3.84. The summed E-state index contributed by atoms with van der Waals surface area (Å²) in [6.45, 7) is 1.79. The maximum atomic E-state index is 12.2. The number of nitrogens with zero attached hydrogens (tertiary/aromatic N) is 2. The van der Waals surface area contributed by atoms with Crippen LogP contribution in [0.3, 0.4) is 0 Å². The van der Waals surface area contributed by atoms with E-state index < -0.39 is 6.36 Å². The maximum absolute atomic E-state index is 12.2. The maximum Gasteiger partial charge on any atom is 0.573 e. The number of allylic oxidation sites excluding steroid dienone is 1. The van der Waals surface area contributed by atoms with Crippen molar-refractivity contribution in [1.82, 2.24) is 9.97 Å². The lowest BCUT2D eigenvalue weighted by Crippen LogP contribution is -2.17. The molecule has 1 fully saturated rings. The van der Waals surface area contributed by atoms with E-state index in [0.717, 1.165) is 18.4 Å². The average Bonchev–Trinajstić information content (AvgIpc) is 3.26. The van der Waals surface area contributed by atoms with Gasteiger partial charge in [0.1, 0.15) is 11.6 Å². The molecule has 1 saturated carbocycles. The second-order valence-corrected chi connectivity index (χ2v) is 6.03. The first-order chi connectivity index (χ1) is 11.7.